The Morgan fingerprint density at radius 1 is 1.28 bits per heavy atom. The lowest BCUT2D eigenvalue weighted by Gasteiger charge is -2.27. The summed E-state index contributed by atoms with van der Waals surface area (Å²) >= 11 is 1.32. The average Bonchev–Trinajstić information content (AvgIpc) is 3.68. The molecule has 0 aromatic carbocycles. The summed E-state index contributed by atoms with van der Waals surface area (Å²) in [5.41, 5.74) is 2.18. The molecule has 0 bridgehead atoms. The highest BCUT2D eigenvalue weighted by atomic mass is 32.1. The standard InChI is InChI=1S/C28H32N4O6S/c1-17-12-21(26(38-17)19-5-6-23(29-15-19)32-9-3-4-24(32)33)22-16-39-28(30-22)31(2)27(36)20(14-25(34)35)13-18-7-10-37-11-8-18/h5-6,12,15-16,18,20H,3-4,7-11,13-14H2,1-2H3,(H,34,35)/t20-/m1/s1. The van der Waals surface area contributed by atoms with Gasteiger partial charge in [0.1, 0.15) is 17.3 Å². The van der Waals surface area contributed by atoms with Crippen molar-refractivity contribution in [3.8, 4) is 22.6 Å². The second-order valence-electron chi connectivity index (χ2n) is 10.2. The molecule has 3 aromatic heterocycles. The molecule has 206 valence electrons. The summed E-state index contributed by atoms with van der Waals surface area (Å²) in [5, 5.41) is 11.8. The van der Waals surface area contributed by atoms with Crippen molar-refractivity contribution in [1.29, 1.82) is 0 Å². The molecular weight excluding hydrogens is 520 g/mol. The van der Waals surface area contributed by atoms with Crippen molar-refractivity contribution in [2.75, 3.05) is 36.6 Å². The van der Waals surface area contributed by atoms with Crippen LogP contribution in [0.2, 0.25) is 0 Å². The maximum Gasteiger partial charge on any atom is 0.304 e. The largest absolute Gasteiger partial charge is 0.481 e. The normalized spacial score (nSPS) is 17.0. The molecule has 1 N–H and O–H groups in total. The summed E-state index contributed by atoms with van der Waals surface area (Å²) in [4.78, 5) is 49.4. The van der Waals surface area contributed by atoms with Gasteiger partial charge in [-0.25, -0.2) is 9.97 Å². The van der Waals surface area contributed by atoms with E-state index >= 15 is 0 Å². The minimum absolute atomic E-state index is 0.0804. The Labute approximate surface area is 230 Å². The van der Waals surface area contributed by atoms with Crippen molar-refractivity contribution >= 4 is 40.1 Å². The Kier molecular flexibility index (Phi) is 8.08. The number of nitrogens with zero attached hydrogens (tertiary/aromatic N) is 4. The zero-order valence-corrected chi connectivity index (χ0v) is 22.9. The van der Waals surface area contributed by atoms with E-state index in [1.807, 2.05) is 30.5 Å². The van der Waals surface area contributed by atoms with E-state index in [9.17, 15) is 19.5 Å². The molecule has 11 heteroatoms. The Hall–Kier alpha value is -3.57. The van der Waals surface area contributed by atoms with Gasteiger partial charge in [-0.3, -0.25) is 24.2 Å². The summed E-state index contributed by atoms with van der Waals surface area (Å²) in [6.45, 7) is 3.82. The fourth-order valence-corrected chi connectivity index (χ4v) is 6.06. The Balaban J connectivity index is 1.35. The first-order valence-electron chi connectivity index (χ1n) is 13.2. The van der Waals surface area contributed by atoms with E-state index in [0.29, 0.717) is 60.8 Å². The highest BCUT2D eigenvalue weighted by Crippen LogP contribution is 2.38. The number of rotatable bonds is 9. The number of aryl methyl sites for hydroxylation is 1. The van der Waals surface area contributed by atoms with Gasteiger partial charge in [0, 0.05) is 61.8 Å². The number of carbonyl (C=O) groups is 3. The van der Waals surface area contributed by atoms with Crippen molar-refractivity contribution in [3.05, 3.63) is 35.5 Å². The number of pyridine rings is 1. The van der Waals surface area contributed by atoms with E-state index in [1.54, 1.807) is 18.1 Å². The number of hydrogen-bond acceptors (Lipinski definition) is 8. The maximum atomic E-state index is 13.4. The van der Waals surface area contributed by atoms with Crippen LogP contribution in [0.3, 0.4) is 0 Å². The second kappa shape index (κ2) is 11.7. The monoisotopic (exact) mass is 552 g/mol. The van der Waals surface area contributed by atoms with Crippen LogP contribution in [-0.2, 0) is 19.1 Å². The van der Waals surface area contributed by atoms with Gasteiger partial charge in [0.15, 0.2) is 5.13 Å². The quantitative estimate of drug-likeness (QED) is 0.402. The predicted molar refractivity (Wildman–Crippen MR) is 147 cm³/mol. The third kappa shape index (κ3) is 6.04. The van der Waals surface area contributed by atoms with E-state index in [2.05, 4.69) is 4.98 Å². The van der Waals surface area contributed by atoms with Crippen LogP contribution in [0, 0.1) is 18.8 Å². The van der Waals surface area contributed by atoms with E-state index in [4.69, 9.17) is 14.1 Å². The molecule has 5 heterocycles. The fraction of sp³-hybridized carbons (Fsp3) is 0.464. The molecule has 5 rings (SSSR count). The van der Waals surface area contributed by atoms with Crippen molar-refractivity contribution in [3.63, 3.8) is 0 Å². The van der Waals surface area contributed by atoms with Crippen molar-refractivity contribution in [1.82, 2.24) is 9.97 Å². The molecule has 10 nitrogen and oxygen atoms in total. The predicted octanol–water partition coefficient (Wildman–Crippen LogP) is 4.77. The first-order chi connectivity index (χ1) is 18.8. The number of furan rings is 1. The van der Waals surface area contributed by atoms with Crippen LogP contribution < -0.4 is 9.80 Å². The molecule has 2 aliphatic rings. The lowest BCUT2D eigenvalue weighted by atomic mass is 9.86. The summed E-state index contributed by atoms with van der Waals surface area (Å²) in [7, 11) is 1.65. The summed E-state index contributed by atoms with van der Waals surface area (Å²) in [5.74, 6) is 0.430. The molecule has 0 aliphatic carbocycles. The maximum absolute atomic E-state index is 13.4. The van der Waals surface area contributed by atoms with Gasteiger partial charge in [-0.2, -0.15) is 0 Å². The summed E-state index contributed by atoms with van der Waals surface area (Å²) in [6, 6.07) is 5.60. The molecular formula is C28H32N4O6S. The number of aliphatic carboxylic acids is 1. The highest BCUT2D eigenvalue weighted by Gasteiger charge is 2.31. The van der Waals surface area contributed by atoms with E-state index in [1.165, 1.54) is 16.2 Å². The Morgan fingerprint density at radius 3 is 2.74 bits per heavy atom. The topological polar surface area (TPSA) is 126 Å². The first-order valence-corrected chi connectivity index (χ1v) is 14.1. The number of amides is 2. The third-order valence-corrected chi connectivity index (χ3v) is 8.25. The number of carbonyl (C=O) groups excluding carboxylic acids is 2. The zero-order valence-electron chi connectivity index (χ0n) is 22.1. The molecule has 0 unspecified atom stereocenters. The fourth-order valence-electron chi connectivity index (χ4n) is 5.27. The SMILES string of the molecule is Cc1cc(-c2csc(N(C)C(=O)[C@@H](CC(=O)O)CC3CCOCC3)n2)c(-c2ccc(N3CCCC3=O)nc2)o1. The average molecular weight is 553 g/mol. The number of ether oxygens (including phenoxy) is 1. The van der Waals surface area contributed by atoms with Gasteiger partial charge in [-0.05, 0) is 56.7 Å². The van der Waals surface area contributed by atoms with E-state index < -0.39 is 11.9 Å². The zero-order chi connectivity index (χ0) is 27.5. The lowest BCUT2D eigenvalue weighted by Crippen LogP contribution is -2.35. The minimum atomic E-state index is -0.985. The second-order valence-corrected chi connectivity index (χ2v) is 11.0. The minimum Gasteiger partial charge on any atom is -0.481 e. The van der Waals surface area contributed by atoms with Crippen LogP contribution in [0.4, 0.5) is 10.9 Å². The van der Waals surface area contributed by atoms with Crippen LogP contribution in [0.5, 0.6) is 0 Å². The molecule has 2 amide bonds. The van der Waals surface area contributed by atoms with Crippen LogP contribution in [0.1, 0.15) is 44.3 Å². The van der Waals surface area contributed by atoms with Crippen molar-refractivity contribution < 1.29 is 28.6 Å². The smallest absolute Gasteiger partial charge is 0.304 e. The van der Waals surface area contributed by atoms with Crippen molar-refractivity contribution in [2.24, 2.45) is 11.8 Å². The molecule has 2 fully saturated rings. The number of thiazole rings is 1. The number of anilines is 2. The highest BCUT2D eigenvalue weighted by molar-refractivity contribution is 7.14. The van der Waals surface area contributed by atoms with Crippen molar-refractivity contribution in [2.45, 2.75) is 45.4 Å². The first kappa shape index (κ1) is 27.0. The van der Waals surface area contributed by atoms with Gasteiger partial charge in [0.25, 0.3) is 0 Å². The summed E-state index contributed by atoms with van der Waals surface area (Å²) < 4.78 is 11.4. The molecule has 2 saturated heterocycles. The molecule has 0 spiro atoms. The van der Waals surface area contributed by atoms with Crippen LogP contribution >= 0.6 is 11.3 Å². The number of carboxylic acids is 1. The van der Waals surface area contributed by atoms with Gasteiger partial charge in [0.05, 0.1) is 12.1 Å². The van der Waals surface area contributed by atoms with Crippen LogP contribution in [-0.4, -0.2) is 59.7 Å². The van der Waals surface area contributed by atoms with Gasteiger partial charge in [0.2, 0.25) is 11.8 Å². The molecule has 2 aliphatic heterocycles. The molecule has 39 heavy (non-hydrogen) atoms. The molecule has 0 saturated carbocycles. The number of carboxylic acid groups (broad SMARTS) is 1. The third-order valence-electron chi connectivity index (χ3n) is 7.33. The molecule has 3 aromatic rings. The van der Waals surface area contributed by atoms with E-state index in [0.717, 1.165) is 30.4 Å². The Morgan fingerprint density at radius 2 is 2.08 bits per heavy atom. The van der Waals surface area contributed by atoms with Gasteiger partial charge >= 0.3 is 5.97 Å². The number of aromatic nitrogens is 2. The summed E-state index contributed by atoms with van der Waals surface area (Å²) in [6.07, 6.45) is 5.05. The van der Waals surface area contributed by atoms with E-state index in [-0.39, 0.29) is 24.2 Å². The van der Waals surface area contributed by atoms with Crippen LogP contribution in [0.25, 0.3) is 22.6 Å². The van der Waals surface area contributed by atoms with Gasteiger partial charge < -0.3 is 14.3 Å². The Bertz CT molecular complexity index is 1340. The lowest BCUT2D eigenvalue weighted by molar-refractivity contribution is -0.141. The molecule has 1 atom stereocenters. The molecule has 0 radical (unpaired) electrons. The number of hydrogen-bond donors (Lipinski definition) is 1. The van der Waals surface area contributed by atoms with Gasteiger partial charge in [-0.1, -0.05) is 0 Å². The van der Waals surface area contributed by atoms with Crippen LogP contribution in [0.15, 0.2) is 34.2 Å². The van der Waals surface area contributed by atoms with Gasteiger partial charge in [-0.15, -0.1) is 11.3 Å².